The highest BCUT2D eigenvalue weighted by Crippen LogP contribution is 2.43. The Morgan fingerprint density at radius 2 is 1.96 bits per heavy atom. The summed E-state index contributed by atoms with van der Waals surface area (Å²) >= 11 is 1.51. The van der Waals surface area contributed by atoms with Gasteiger partial charge < -0.3 is 15.0 Å². The second-order valence-corrected chi connectivity index (χ2v) is 8.30. The number of nitrogens with zero attached hydrogens (tertiary/aromatic N) is 1. The van der Waals surface area contributed by atoms with Crippen molar-refractivity contribution in [1.82, 2.24) is 5.32 Å². The number of thiophene rings is 1. The van der Waals surface area contributed by atoms with Gasteiger partial charge >= 0.3 is 5.97 Å². The van der Waals surface area contributed by atoms with Gasteiger partial charge in [0.25, 0.3) is 5.91 Å². The number of carbonyl (C=O) groups is 3. The maximum absolute atomic E-state index is 12.8. The summed E-state index contributed by atoms with van der Waals surface area (Å²) < 4.78 is 5.27. The Bertz CT molecular complexity index is 874. The lowest BCUT2D eigenvalue weighted by Gasteiger charge is -2.27. The number of anilines is 1. The molecule has 2 amide bonds. The third-order valence-electron chi connectivity index (χ3n) is 5.06. The second-order valence-electron chi connectivity index (χ2n) is 7.32. The van der Waals surface area contributed by atoms with Gasteiger partial charge in [0, 0.05) is 23.0 Å². The van der Waals surface area contributed by atoms with Crippen LogP contribution in [0.3, 0.4) is 0 Å². The summed E-state index contributed by atoms with van der Waals surface area (Å²) in [5.74, 6) is -1.55. The van der Waals surface area contributed by atoms with Crippen molar-refractivity contribution in [2.75, 3.05) is 11.5 Å². The van der Waals surface area contributed by atoms with Crippen LogP contribution < -0.4 is 10.2 Å². The molecule has 1 aromatic carbocycles. The average Bonchev–Trinajstić information content (AvgIpc) is 3.19. The van der Waals surface area contributed by atoms with Gasteiger partial charge in [-0.3, -0.25) is 14.4 Å². The first kappa shape index (κ1) is 18.7. The maximum atomic E-state index is 12.8. The van der Waals surface area contributed by atoms with Gasteiger partial charge in [-0.2, -0.15) is 0 Å². The fourth-order valence-corrected chi connectivity index (χ4v) is 4.36. The molecule has 0 unspecified atom stereocenters. The SMILES string of the molecule is Cc1ccc(N2C(=O)C[C@H](C(=O)OCC(=O)NC3CC3)[C@@H]2c2cccs2)cc1. The van der Waals surface area contributed by atoms with Crippen LogP contribution in [0.2, 0.25) is 0 Å². The van der Waals surface area contributed by atoms with E-state index in [4.69, 9.17) is 4.74 Å². The molecule has 1 saturated carbocycles. The van der Waals surface area contributed by atoms with Gasteiger partial charge in [-0.1, -0.05) is 23.8 Å². The molecular weight excluding hydrogens is 376 g/mol. The molecule has 1 saturated heterocycles. The lowest BCUT2D eigenvalue weighted by atomic mass is 9.99. The molecule has 7 heteroatoms. The van der Waals surface area contributed by atoms with Crippen molar-refractivity contribution >= 4 is 34.8 Å². The smallest absolute Gasteiger partial charge is 0.312 e. The van der Waals surface area contributed by atoms with Crippen LogP contribution in [0.4, 0.5) is 5.69 Å². The minimum Gasteiger partial charge on any atom is -0.455 e. The number of aryl methyl sites for hydroxylation is 1. The van der Waals surface area contributed by atoms with Gasteiger partial charge in [0.15, 0.2) is 6.61 Å². The molecule has 2 atom stereocenters. The van der Waals surface area contributed by atoms with Crippen LogP contribution in [0, 0.1) is 12.8 Å². The van der Waals surface area contributed by atoms with Crippen LogP contribution in [0.15, 0.2) is 41.8 Å². The molecule has 0 spiro atoms. The van der Waals surface area contributed by atoms with E-state index >= 15 is 0 Å². The topological polar surface area (TPSA) is 75.7 Å². The molecular formula is C21H22N2O4S. The fourth-order valence-electron chi connectivity index (χ4n) is 3.48. The van der Waals surface area contributed by atoms with Crippen molar-refractivity contribution in [3.05, 3.63) is 52.2 Å². The third-order valence-corrected chi connectivity index (χ3v) is 6.00. The molecule has 0 radical (unpaired) electrons. The number of nitrogens with one attached hydrogen (secondary N) is 1. The molecule has 0 bridgehead atoms. The first-order valence-electron chi connectivity index (χ1n) is 9.41. The van der Waals surface area contributed by atoms with E-state index in [0.717, 1.165) is 29.0 Å². The van der Waals surface area contributed by atoms with Crippen molar-refractivity contribution in [1.29, 1.82) is 0 Å². The maximum Gasteiger partial charge on any atom is 0.312 e. The van der Waals surface area contributed by atoms with Crippen molar-refractivity contribution in [3.8, 4) is 0 Å². The average molecular weight is 398 g/mol. The predicted molar refractivity (Wildman–Crippen MR) is 106 cm³/mol. The molecule has 1 aromatic heterocycles. The highest BCUT2D eigenvalue weighted by Gasteiger charge is 2.46. The zero-order valence-corrected chi connectivity index (χ0v) is 16.4. The van der Waals surface area contributed by atoms with Gasteiger partial charge in [-0.15, -0.1) is 11.3 Å². The van der Waals surface area contributed by atoms with Gasteiger partial charge in [-0.05, 0) is 43.3 Å². The van der Waals surface area contributed by atoms with Crippen LogP contribution in [-0.2, 0) is 19.1 Å². The molecule has 2 aliphatic rings. The molecule has 1 aliphatic carbocycles. The highest BCUT2D eigenvalue weighted by molar-refractivity contribution is 7.10. The first-order valence-corrected chi connectivity index (χ1v) is 10.3. The minimum atomic E-state index is -0.638. The first-order chi connectivity index (χ1) is 13.5. The number of benzene rings is 1. The number of esters is 1. The Kier molecular flexibility index (Phi) is 5.17. The van der Waals surface area contributed by atoms with E-state index in [1.807, 2.05) is 48.7 Å². The molecule has 2 aromatic rings. The van der Waals surface area contributed by atoms with Crippen LogP contribution >= 0.6 is 11.3 Å². The fraction of sp³-hybridized carbons (Fsp3) is 0.381. The molecule has 2 heterocycles. The summed E-state index contributed by atoms with van der Waals surface area (Å²) in [7, 11) is 0. The number of hydrogen-bond donors (Lipinski definition) is 1. The second kappa shape index (κ2) is 7.75. The van der Waals surface area contributed by atoms with E-state index in [-0.39, 0.29) is 30.9 Å². The summed E-state index contributed by atoms with van der Waals surface area (Å²) in [6.45, 7) is 1.68. The van der Waals surface area contributed by atoms with E-state index < -0.39 is 17.9 Å². The summed E-state index contributed by atoms with van der Waals surface area (Å²) in [6, 6.07) is 11.3. The zero-order valence-electron chi connectivity index (χ0n) is 15.6. The van der Waals surface area contributed by atoms with Crippen molar-refractivity contribution in [2.45, 2.75) is 38.3 Å². The van der Waals surface area contributed by atoms with Crippen LogP contribution in [0.25, 0.3) is 0 Å². The normalized spacial score (nSPS) is 21.6. The van der Waals surface area contributed by atoms with Gasteiger partial charge in [0.05, 0.1) is 12.0 Å². The number of hydrogen-bond acceptors (Lipinski definition) is 5. The molecule has 2 fully saturated rings. The van der Waals surface area contributed by atoms with E-state index in [2.05, 4.69) is 5.32 Å². The summed E-state index contributed by atoms with van der Waals surface area (Å²) in [4.78, 5) is 40.0. The standard InChI is InChI=1S/C21H22N2O4S/c1-13-4-8-15(9-5-13)23-19(25)11-16(20(23)17-3-2-10-28-17)21(26)27-12-18(24)22-14-6-7-14/h2-5,8-10,14,16,20H,6-7,11-12H2,1H3,(H,22,24)/t16-,20+/m0/s1. The quantitative estimate of drug-likeness (QED) is 0.759. The largest absolute Gasteiger partial charge is 0.455 e. The van der Waals surface area contributed by atoms with Gasteiger partial charge in [-0.25, -0.2) is 0 Å². The molecule has 6 nitrogen and oxygen atoms in total. The summed E-state index contributed by atoms with van der Waals surface area (Å²) in [5.41, 5.74) is 1.86. The number of rotatable bonds is 6. The summed E-state index contributed by atoms with van der Waals surface area (Å²) in [5, 5.41) is 4.72. The Hall–Kier alpha value is -2.67. The van der Waals surface area contributed by atoms with Crippen molar-refractivity contribution < 1.29 is 19.1 Å². The number of amides is 2. The van der Waals surface area contributed by atoms with Crippen molar-refractivity contribution in [2.24, 2.45) is 5.92 Å². The zero-order chi connectivity index (χ0) is 19.7. The van der Waals surface area contributed by atoms with Gasteiger partial charge in [0.1, 0.15) is 0 Å². The number of ether oxygens (including phenoxy) is 1. The van der Waals surface area contributed by atoms with Crippen LogP contribution in [-0.4, -0.2) is 30.4 Å². The molecule has 1 aliphatic heterocycles. The molecule has 146 valence electrons. The lowest BCUT2D eigenvalue weighted by molar-refractivity contribution is -0.153. The monoisotopic (exact) mass is 398 g/mol. The highest BCUT2D eigenvalue weighted by atomic mass is 32.1. The third kappa shape index (κ3) is 3.94. The van der Waals surface area contributed by atoms with Crippen LogP contribution in [0.5, 0.6) is 0 Å². The number of carbonyl (C=O) groups excluding carboxylic acids is 3. The Morgan fingerprint density at radius 1 is 1.21 bits per heavy atom. The molecule has 28 heavy (non-hydrogen) atoms. The molecule has 1 N–H and O–H groups in total. The lowest BCUT2D eigenvalue weighted by Crippen LogP contribution is -2.33. The van der Waals surface area contributed by atoms with E-state index in [1.165, 1.54) is 11.3 Å². The van der Waals surface area contributed by atoms with Crippen molar-refractivity contribution in [3.63, 3.8) is 0 Å². The van der Waals surface area contributed by atoms with Crippen LogP contribution in [0.1, 0.15) is 35.7 Å². The van der Waals surface area contributed by atoms with E-state index in [0.29, 0.717) is 0 Å². The summed E-state index contributed by atoms with van der Waals surface area (Å²) in [6.07, 6.45) is 2.02. The van der Waals surface area contributed by atoms with E-state index in [9.17, 15) is 14.4 Å². The molecule has 4 rings (SSSR count). The van der Waals surface area contributed by atoms with Gasteiger partial charge in [0.2, 0.25) is 5.91 Å². The Balaban J connectivity index is 1.54. The van der Waals surface area contributed by atoms with E-state index in [1.54, 1.807) is 4.90 Å². The minimum absolute atomic E-state index is 0.0690. The Morgan fingerprint density at radius 3 is 2.61 bits per heavy atom. The predicted octanol–water partition coefficient (Wildman–Crippen LogP) is 2.97. The Labute approximate surface area is 167 Å².